The average molecular weight is 445 g/mol. The Kier molecular flexibility index (Phi) is 6.82. The maximum atomic E-state index is 12.7. The number of nitrogens with one attached hydrogen (secondary N) is 3. The summed E-state index contributed by atoms with van der Waals surface area (Å²) in [6.07, 6.45) is 8.03. The molecular weight excluding hydrogens is 412 g/mol. The zero-order valence-corrected chi connectivity index (χ0v) is 19.5. The van der Waals surface area contributed by atoms with Crippen LogP contribution in [0.4, 0.5) is 16.2 Å². The number of hydrogen-bond acceptors (Lipinski definition) is 3. The lowest BCUT2D eigenvalue weighted by atomic mass is 9.92. The molecule has 3 aromatic rings. The van der Waals surface area contributed by atoms with Gasteiger partial charge in [0, 0.05) is 53.8 Å². The molecule has 172 valence electrons. The first kappa shape index (κ1) is 22.6. The van der Waals surface area contributed by atoms with Crippen LogP contribution in [-0.2, 0) is 0 Å². The van der Waals surface area contributed by atoms with Crippen LogP contribution < -0.4 is 10.6 Å². The van der Waals surface area contributed by atoms with Gasteiger partial charge < -0.3 is 20.5 Å². The zero-order valence-electron chi connectivity index (χ0n) is 19.5. The number of ketones is 1. The van der Waals surface area contributed by atoms with E-state index in [9.17, 15) is 9.59 Å². The number of urea groups is 1. The van der Waals surface area contributed by atoms with E-state index in [0.717, 1.165) is 30.4 Å². The highest BCUT2D eigenvalue weighted by atomic mass is 16.2. The van der Waals surface area contributed by atoms with E-state index in [4.69, 9.17) is 0 Å². The molecule has 3 N–H and O–H groups in total. The van der Waals surface area contributed by atoms with E-state index in [2.05, 4.69) is 52.8 Å². The van der Waals surface area contributed by atoms with Crippen molar-refractivity contribution in [2.45, 2.75) is 39.5 Å². The van der Waals surface area contributed by atoms with Crippen molar-refractivity contribution in [3.8, 4) is 0 Å². The number of rotatable bonds is 7. The second-order valence-electron chi connectivity index (χ2n) is 9.03. The molecule has 0 fully saturated rings. The van der Waals surface area contributed by atoms with E-state index in [1.807, 2.05) is 25.1 Å². The predicted molar refractivity (Wildman–Crippen MR) is 135 cm³/mol. The summed E-state index contributed by atoms with van der Waals surface area (Å²) in [5, 5.41) is 6.85. The predicted octanol–water partition coefficient (Wildman–Crippen LogP) is 6.36. The fraction of sp³-hybridized carbons (Fsp3) is 0.333. The van der Waals surface area contributed by atoms with Crippen LogP contribution in [0.3, 0.4) is 0 Å². The Bertz CT molecular complexity index is 1180. The molecule has 0 saturated carbocycles. The van der Waals surface area contributed by atoms with Gasteiger partial charge in [0.1, 0.15) is 0 Å². The maximum absolute atomic E-state index is 12.7. The molecule has 4 rings (SSSR count). The Labute approximate surface area is 195 Å². The van der Waals surface area contributed by atoms with Crippen LogP contribution in [0, 0.1) is 5.92 Å². The Hall–Kier alpha value is -3.54. The quantitative estimate of drug-likeness (QED) is 0.371. The molecule has 1 unspecified atom stereocenters. The lowest BCUT2D eigenvalue weighted by molar-refractivity contribution is 0.0989. The number of aromatic amines is 1. The summed E-state index contributed by atoms with van der Waals surface area (Å²) in [5.41, 5.74) is 4.04. The Morgan fingerprint density at radius 2 is 1.97 bits per heavy atom. The van der Waals surface area contributed by atoms with Crippen LogP contribution in [0.5, 0.6) is 0 Å². The Balaban J connectivity index is 1.49. The molecule has 6 nitrogen and oxygen atoms in total. The number of Topliss-reactive ketones (excluding diaryl/α,β-unsaturated/α-hetero) is 1. The van der Waals surface area contributed by atoms with Crippen molar-refractivity contribution in [2.24, 2.45) is 5.92 Å². The number of carbonyl (C=O) groups is 2. The number of anilines is 2. The van der Waals surface area contributed by atoms with Crippen molar-refractivity contribution in [1.29, 1.82) is 0 Å². The summed E-state index contributed by atoms with van der Waals surface area (Å²) >= 11 is 0. The van der Waals surface area contributed by atoms with Gasteiger partial charge >= 0.3 is 6.03 Å². The minimum atomic E-state index is -0.371. The van der Waals surface area contributed by atoms with Gasteiger partial charge in [0.25, 0.3) is 0 Å². The van der Waals surface area contributed by atoms with Crippen LogP contribution >= 0.6 is 0 Å². The molecule has 2 aromatic carbocycles. The molecule has 1 aliphatic heterocycles. The van der Waals surface area contributed by atoms with Crippen molar-refractivity contribution >= 4 is 34.1 Å². The SMILES string of the molecule is CCC(=O)c1ccccc1NC(=O)Nc1ccc2[nH]cc(C3C=CN(CC(C)C)CC3)c2c1. The van der Waals surface area contributed by atoms with Gasteiger partial charge in [-0.25, -0.2) is 4.79 Å². The van der Waals surface area contributed by atoms with E-state index in [1.54, 1.807) is 24.3 Å². The second kappa shape index (κ2) is 9.94. The molecule has 0 saturated heterocycles. The number of carbonyl (C=O) groups excluding carboxylic acids is 2. The molecule has 0 spiro atoms. The van der Waals surface area contributed by atoms with Crippen LogP contribution in [0.15, 0.2) is 60.9 Å². The highest BCUT2D eigenvalue weighted by Gasteiger charge is 2.19. The van der Waals surface area contributed by atoms with Gasteiger partial charge in [-0.15, -0.1) is 0 Å². The average Bonchev–Trinajstić information content (AvgIpc) is 3.22. The second-order valence-corrected chi connectivity index (χ2v) is 9.03. The summed E-state index contributed by atoms with van der Waals surface area (Å²) < 4.78 is 0. The first-order chi connectivity index (χ1) is 15.9. The van der Waals surface area contributed by atoms with Crippen molar-refractivity contribution < 1.29 is 9.59 Å². The number of aromatic nitrogens is 1. The molecule has 0 aliphatic carbocycles. The fourth-order valence-electron chi connectivity index (χ4n) is 4.42. The highest BCUT2D eigenvalue weighted by molar-refractivity contribution is 6.07. The standard InChI is InChI=1S/C27H32N4O2/c1-4-26(32)21-7-5-6-8-25(21)30-27(33)29-20-9-10-24-22(15-20)23(16-28-24)19-11-13-31(14-12-19)17-18(2)3/h5-11,13,15-16,18-19,28H,4,12,14,17H2,1-3H3,(H2,29,30,33). The monoisotopic (exact) mass is 444 g/mol. The third-order valence-electron chi connectivity index (χ3n) is 6.02. The molecule has 1 aliphatic rings. The minimum absolute atomic E-state index is 0.00298. The number of H-pyrrole nitrogens is 1. The summed E-state index contributed by atoms with van der Waals surface area (Å²) in [6, 6.07) is 12.6. The number of amides is 2. The lowest BCUT2D eigenvalue weighted by Gasteiger charge is -2.29. The summed E-state index contributed by atoms with van der Waals surface area (Å²) in [6.45, 7) is 8.41. The highest BCUT2D eigenvalue weighted by Crippen LogP contribution is 2.33. The van der Waals surface area contributed by atoms with Gasteiger partial charge in [-0.1, -0.05) is 39.0 Å². The third-order valence-corrected chi connectivity index (χ3v) is 6.02. The van der Waals surface area contributed by atoms with Gasteiger partial charge in [0.05, 0.1) is 5.69 Å². The van der Waals surface area contributed by atoms with Gasteiger partial charge in [-0.2, -0.15) is 0 Å². The molecule has 33 heavy (non-hydrogen) atoms. The molecule has 1 atom stereocenters. The van der Waals surface area contributed by atoms with E-state index in [-0.39, 0.29) is 11.8 Å². The first-order valence-electron chi connectivity index (χ1n) is 11.7. The van der Waals surface area contributed by atoms with Crippen molar-refractivity contribution in [3.63, 3.8) is 0 Å². The minimum Gasteiger partial charge on any atom is -0.377 e. The Morgan fingerprint density at radius 1 is 1.15 bits per heavy atom. The first-order valence-corrected chi connectivity index (χ1v) is 11.7. The van der Waals surface area contributed by atoms with E-state index in [1.165, 1.54) is 5.56 Å². The number of hydrogen-bond donors (Lipinski definition) is 3. The smallest absolute Gasteiger partial charge is 0.323 e. The normalized spacial score (nSPS) is 15.8. The van der Waals surface area contributed by atoms with Gasteiger partial charge in [-0.05, 0) is 54.4 Å². The largest absolute Gasteiger partial charge is 0.377 e. The summed E-state index contributed by atoms with van der Waals surface area (Å²) in [5.74, 6) is 0.987. The topological polar surface area (TPSA) is 77.2 Å². The number of benzene rings is 2. The van der Waals surface area contributed by atoms with E-state index in [0.29, 0.717) is 35.2 Å². The molecule has 2 amide bonds. The van der Waals surface area contributed by atoms with Gasteiger partial charge in [0.2, 0.25) is 0 Å². The van der Waals surface area contributed by atoms with Crippen molar-refractivity contribution in [2.75, 3.05) is 23.7 Å². The summed E-state index contributed by atoms with van der Waals surface area (Å²) in [4.78, 5) is 30.6. The number of nitrogens with zero attached hydrogens (tertiary/aromatic N) is 1. The van der Waals surface area contributed by atoms with E-state index >= 15 is 0 Å². The van der Waals surface area contributed by atoms with Gasteiger partial charge in [0.15, 0.2) is 5.78 Å². The number of para-hydroxylation sites is 1. The number of allylic oxidation sites excluding steroid dienone is 1. The van der Waals surface area contributed by atoms with Crippen molar-refractivity contribution in [3.05, 3.63) is 72.1 Å². The zero-order chi connectivity index (χ0) is 23.4. The Morgan fingerprint density at radius 3 is 2.70 bits per heavy atom. The van der Waals surface area contributed by atoms with E-state index < -0.39 is 0 Å². The fourth-order valence-corrected chi connectivity index (χ4v) is 4.42. The maximum Gasteiger partial charge on any atom is 0.323 e. The molecule has 2 heterocycles. The molecule has 0 radical (unpaired) electrons. The van der Waals surface area contributed by atoms with Crippen LogP contribution in [-0.4, -0.2) is 34.8 Å². The molecule has 6 heteroatoms. The lowest BCUT2D eigenvalue weighted by Crippen LogP contribution is -2.27. The summed E-state index contributed by atoms with van der Waals surface area (Å²) in [7, 11) is 0. The van der Waals surface area contributed by atoms with Crippen molar-refractivity contribution in [1.82, 2.24) is 9.88 Å². The molecule has 1 aromatic heterocycles. The van der Waals surface area contributed by atoms with Crippen LogP contribution in [0.1, 0.15) is 55.5 Å². The van der Waals surface area contributed by atoms with Gasteiger partial charge in [-0.3, -0.25) is 4.79 Å². The molecular formula is C27H32N4O2. The van der Waals surface area contributed by atoms with Crippen LogP contribution in [0.25, 0.3) is 10.9 Å². The number of fused-ring (bicyclic) bond motifs is 1. The molecule has 0 bridgehead atoms. The van der Waals surface area contributed by atoms with Crippen LogP contribution in [0.2, 0.25) is 0 Å². The third kappa shape index (κ3) is 5.28.